The largest absolute Gasteiger partial charge is 0.360 e. The first-order chi connectivity index (χ1) is 14.4. The molecule has 0 fully saturated rings. The van der Waals surface area contributed by atoms with E-state index in [9.17, 15) is 13.2 Å². The summed E-state index contributed by atoms with van der Waals surface area (Å²) in [5.41, 5.74) is 4.44. The standard InChI is InChI=1S/C24H22N2O3S/c1-17-12-13-21(18(2)14-17)25-15-23-24(27)20-10-6-7-11-22(20)26(30(23,28)29)16-19-8-4-3-5-9-19/h3-15,25H,16H2,1-2H3. The average Bonchev–Trinajstić information content (AvgIpc) is 2.73. The number of carbonyl (C=O) groups is 1. The van der Waals surface area contributed by atoms with Crippen molar-refractivity contribution in [2.24, 2.45) is 0 Å². The maximum absolute atomic E-state index is 13.4. The Kier molecular flexibility index (Phi) is 5.18. The molecule has 1 heterocycles. The van der Waals surface area contributed by atoms with E-state index >= 15 is 0 Å². The molecule has 0 atom stereocenters. The number of allylic oxidation sites excluding steroid dienone is 1. The van der Waals surface area contributed by atoms with E-state index in [4.69, 9.17) is 0 Å². The zero-order valence-electron chi connectivity index (χ0n) is 16.8. The van der Waals surface area contributed by atoms with Crippen molar-refractivity contribution in [3.63, 3.8) is 0 Å². The summed E-state index contributed by atoms with van der Waals surface area (Å²) in [6, 6.07) is 21.9. The van der Waals surface area contributed by atoms with Crippen LogP contribution in [0.25, 0.3) is 0 Å². The summed E-state index contributed by atoms with van der Waals surface area (Å²) < 4.78 is 28.2. The van der Waals surface area contributed by atoms with Crippen molar-refractivity contribution >= 4 is 27.2 Å². The summed E-state index contributed by atoms with van der Waals surface area (Å²) in [5, 5.41) is 3.02. The van der Waals surface area contributed by atoms with E-state index in [1.807, 2.05) is 62.4 Å². The number of carbonyl (C=O) groups excluding carboxylic acids is 1. The molecule has 0 aromatic heterocycles. The second-order valence-electron chi connectivity index (χ2n) is 7.31. The van der Waals surface area contributed by atoms with E-state index in [0.29, 0.717) is 11.3 Å². The molecule has 0 aliphatic carbocycles. The molecule has 4 rings (SSSR count). The number of aryl methyl sites for hydroxylation is 2. The number of Topliss-reactive ketones (excluding diaryl/α,β-unsaturated/α-hetero) is 1. The SMILES string of the molecule is Cc1ccc(NC=C2C(=O)c3ccccc3N(Cc3ccccc3)S2(=O)=O)c(C)c1. The summed E-state index contributed by atoms with van der Waals surface area (Å²) in [5.74, 6) is -0.507. The molecule has 0 saturated carbocycles. The molecule has 0 radical (unpaired) electrons. The van der Waals surface area contributed by atoms with E-state index < -0.39 is 15.8 Å². The van der Waals surface area contributed by atoms with Crippen LogP contribution in [0.4, 0.5) is 11.4 Å². The van der Waals surface area contributed by atoms with Gasteiger partial charge in [0.2, 0.25) is 5.78 Å². The molecule has 6 heteroatoms. The molecule has 5 nitrogen and oxygen atoms in total. The molecule has 30 heavy (non-hydrogen) atoms. The molecule has 1 aliphatic rings. The molecule has 0 unspecified atom stereocenters. The molecule has 152 valence electrons. The number of nitrogens with zero attached hydrogens (tertiary/aromatic N) is 1. The lowest BCUT2D eigenvalue weighted by atomic mass is 10.1. The number of anilines is 2. The Morgan fingerprint density at radius 1 is 0.933 bits per heavy atom. The monoisotopic (exact) mass is 418 g/mol. The highest BCUT2D eigenvalue weighted by Gasteiger charge is 2.40. The Balaban J connectivity index is 1.78. The van der Waals surface area contributed by atoms with Crippen molar-refractivity contribution in [2.45, 2.75) is 20.4 Å². The van der Waals surface area contributed by atoms with Gasteiger partial charge in [0.25, 0.3) is 10.0 Å². The highest BCUT2D eigenvalue weighted by molar-refractivity contribution is 7.97. The predicted octanol–water partition coefficient (Wildman–Crippen LogP) is 4.79. The summed E-state index contributed by atoms with van der Waals surface area (Å²) in [7, 11) is -4.03. The minimum Gasteiger partial charge on any atom is -0.360 e. The van der Waals surface area contributed by atoms with Crippen molar-refractivity contribution in [1.82, 2.24) is 0 Å². The van der Waals surface area contributed by atoms with Gasteiger partial charge in [-0.15, -0.1) is 0 Å². The fourth-order valence-corrected chi connectivity index (χ4v) is 5.09. The van der Waals surface area contributed by atoms with Crippen LogP contribution in [0.15, 0.2) is 83.9 Å². The van der Waals surface area contributed by atoms with Gasteiger partial charge in [0.15, 0.2) is 4.91 Å². The third-order valence-corrected chi connectivity index (χ3v) is 6.88. The molecule has 0 saturated heterocycles. The number of hydrogen-bond donors (Lipinski definition) is 1. The molecular weight excluding hydrogens is 396 g/mol. The number of nitrogens with one attached hydrogen (secondary N) is 1. The van der Waals surface area contributed by atoms with E-state index in [2.05, 4.69) is 5.32 Å². The third-order valence-electron chi connectivity index (χ3n) is 5.12. The van der Waals surface area contributed by atoms with Gasteiger partial charge >= 0.3 is 0 Å². The highest BCUT2D eigenvalue weighted by atomic mass is 32.2. The second kappa shape index (κ2) is 7.80. The van der Waals surface area contributed by atoms with E-state index in [0.717, 1.165) is 22.4 Å². The quantitative estimate of drug-likeness (QED) is 0.619. The predicted molar refractivity (Wildman–Crippen MR) is 120 cm³/mol. The topological polar surface area (TPSA) is 66.5 Å². The summed E-state index contributed by atoms with van der Waals surface area (Å²) in [6.07, 6.45) is 1.31. The molecule has 1 N–H and O–H groups in total. The zero-order valence-corrected chi connectivity index (χ0v) is 17.6. The van der Waals surface area contributed by atoms with Crippen LogP contribution in [0.2, 0.25) is 0 Å². The number of para-hydroxylation sites is 1. The summed E-state index contributed by atoms with van der Waals surface area (Å²) >= 11 is 0. The van der Waals surface area contributed by atoms with Crippen molar-refractivity contribution in [1.29, 1.82) is 0 Å². The van der Waals surface area contributed by atoms with Gasteiger partial charge in [-0.2, -0.15) is 0 Å². The van der Waals surface area contributed by atoms with Crippen molar-refractivity contribution in [2.75, 3.05) is 9.62 Å². The second-order valence-corrected chi connectivity index (χ2v) is 9.15. The van der Waals surface area contributed by atoms with Crippen LogP contribution < -0.4 is 9.62 Å². The Morgan fingerprint density at radius 2 is 1.63 bits per heavy atom. The molecule has 0 amide bonds. The Morgan fingerprint density at radius 3 is 2.37 bits per heavy atom. The lowest BCUT2D eigenvalue weighted by Gasteiger charge is -2.31. The van der Waals surface area contributed by atoms with E-state index in [1.165, 1.54) is 10.5 Å². The van der Waals surface area contributed by atoms with Crippen molar-refractivity contribution in [3.05, 3.63) is 106 Å². The van der Waals surface area contributed by atoms with Gasteiger partial charge in [-0.3, -0.25) is 9.10 Å². The highest BCUT2D eigenvalue weighted by Crippen LogP contribution is 2.36. The van der Waals surface area contributed by atoms with Crippen molar-refractivity contribution in [3.8, 4) is 0 Å². The fourth-order valence-electron chi connectivity index (χ4n) is 3.56. The van der Waals surface area contributed by atoms with Gasteiger partial charge in [0.1, 0.15) is 0 Å². The Labute approximate surface area is 176 Å². The van der Waals surface area contributed by atoms with Crippen LogP contribution in [0.1, 0.15) is 27.0 Å². The first kappa shape index (κ1) is 19.9. The van der Waals surface area contributed by atoms with Gasteiger partial charge in [0.05, 0.1) is 12.2 Å². The van der Waals surface area contributed by atoms with Crippen LogP contribution in [-0.2, 0) is 16.6 Å². The van der Waals surface area contributed by atoms with Gasteiger partial charge in [-0.25, -0.2) is 8.42 Å². The smallest absolute Gasteiger partial charge is 0.270 e. The average molecular weight is 419 g/mol. The van der Waals surface area contributed by atoms with Crippen LogP contribution in [0, 0.1) is 13.8 Å². The maximum Gasteiger partial charge on any atom is 0.270 e. The Hall–Kier alpha value is -3.38. The van der Waals surface area contributed by atoms with E-state index in [1.54, 1.807) is 24.3 Å². The minimum absolute atomic E-state index is 0.147. The van der Waals surface area contributed by atoms with Crippen molar-refractivity contribution < 1.29 is 13.2 Å². The van der Waals surface area contributed by atoms with Crippen LogP contribution in [0.3, 0.4) is 0 Å². The zero-order chi connectivity index (χ0) is 21.3. The first-order valence-electron chi connectivity index (χ1n) is 9.62. The maximum atomic E-state index is 13.4. The Bertz CT molecular complexity index is 1250. The minimum atomic E-state index is -4.03. The third kappa shape index (κ3) is 3.62. The molecule has 3 aromatic carbocycles. The van der Waals surface area contributed by atoms with Gasteiger partial charge in [-0.05, 0) is 43.2 Å². The molecular formula is C24H22N2O3S. The number of fused-ring (bicyclic) bond motifs is 1. The molecule has 0 bridgehead atoms. The van der Waals surface area contributed by atoms with Gasteiger partial charge in [-0.1, -0.05) is 60.2 Å². The normalized spacial score (nSPS) is 16.4. The number of ketones is 1. The molecule has 1 aliphatic heterocycles. The number of hydrogen-bond acceptors (Lipinski definition) is 4. The number of sulfonamides is 1. The van der Waals surface area contributed by atoms with Gasteiger partial charge < -0.3 is 5.32 Å². The first-order valence-corrected chi connectivity index (χ1v) is 11.1. The summed E-state index contributed by atoms with van der Waals surface area (Å²) in [6.45, 7) is 4.07. The molecule has 3 aromatic rings. The lowest BCUT2D eigenvalue weighted by molar-refractivity contribution is 0.104. The van der Waals surface area contributed by atoms with Crippen LogP contribution in [-0.4, -0.2) is 14.2 Å². The summed E-state index contributed by atoms with van der Waals surface area (Å²) in [4.78, 5) is 12.8. The fraction of sp³-hybridized carbons (Fsp3) is 0.125. The van der Waals surface area contributed by atoms with Gasteiger partial charge in [0, 0.05) is 17.5 Å². The van der Waals surface area contributed by atoms with Crippen LogP contribution >= 0.6 is 0 Å². The number of rotatable bonds is 4. The molecule has 0 spiro atoms. The lowest BCUT2D eigenvalue weighted by Crippen LogP contribution is -2.39. The van der Waals surface area contributed by atoms with Crippen LogP contribution in [0.5, 0.6) is 0 Å². The van der Waals surface area contributed by atoms with E-state index in [-0.39, 0.29) is 11.4 Å². The number of benzene rings is 3.